The lowest BCUT2D eigenvalue weighted by molar-refractivity contribution is 0.0749. The van der Waals surface area contributed by atoms with Crippen LogP contribution in [0.4, 0.5) is 0 Å². The summed E-state index contributed by atoms with van der Waals surface area (Å²) in [6.07, 6.45) is 4.10. The molecule has 1 N–H and O–H groups in total. The van der Waals surface area contributed by atoms with Crippen molar-refractivity contribution in [2.75, 3.05) is 26.2 Å². The highest BCUT2D eigenvalue weighted by Crippen LogP contribution is 2.11. The maximum absolute atomic E-state index is 12.9. The summed E-state index contributed by atoms with van der Waals surface area (Å²) in [5, 5.41) is 10.8. The summed E-state index contributed by atoms with van der Waals surface area (Å²) < 4.78 is 1.49. The highest BCUT2D eigenvalue weighted by Gasteiger charge is 2.24. The van der Waals surface area contributed by atoms with E-state index in [2.05, 4.69) is 35.1 Å². The van der Waals surface area contributed by atoms with E-state index < -0.39 is 0 Å². The predicted molar refractivity (Wildman–Crippen MR) is 96.1 cm³/mol. The van der Waals surface area contributed by atoms with Gasteiger partial charge in [0.2, 0.25) is 11.8 Å². The van der Waals surface area contributed by atoms with Gasteiger partial charge in [-0.2, -0.15) is 14.8 Å². The lowest BCUT2D eigenvalue weighted by atomic mass is 10.3. The van der Waals surface area contributed by atoms with E-state index in [1.54, 1.807) is 6.92 Å². The minimum Gasteiger partial charge on any atom is -0.335 e. The first-order chi connectivity index (χ1) is 13.2. The van der Waals surface area contributed by atoms with Gasteiger partial charge in [0, 0.05) is 38.9 Å². The molecule has 0 aromatic carbocycles. The molecule has 4 heterocycles. The first-order valence-electron chi connectivity index (χ1n) is 8.91. The number of carbonyl (C=O) groups is 1. The van der Waals surface area contributed by atoms with E-state index in [0.29, 0.717) is 24.9 Å². The third kappa shape index (κ3) is 3.85. The molecule has 4 rings (SSSR count). The summed E-state index contributed by atoms with van der Waals surface area (Å²) >= 11 is 0. The Labute approximate surface area is 156 Å². The zero-order valence-electron chi connectivity index (χ0n) is 15.1. The molecule has 3 aromatic heterocycles. The van der Waals surface area contributed by atoms with Gasteiger partial charge in [0.25, 0.3) is 5.91 Å². The zero-order chi connectivity index (χ0) is 18.6. The van der Waals surface area contributed by atoms with E-state index in [1.807, 2.05) is 29.3 Å². The third-order valence-corrected chi connectivity index (χ3v) is 4.55. The van der Waals surface area contributed by atoms with E-state index in [1.165, 1.54) is 11.0 Å². The Hall–Kier alpha value is -3.14. The minimum atomic E-state index is -0.156. The van der Waals surface area contributed by atoms with Crippen LogP contribution in [0.3, 0.4) is 0 Å². The Balaban J connectivity index is 1.42. The molecule has 0 radical (unpaired) electrons. The van der Waals surface area contributed by atoms with Crippen molar-refractivity contribution >= 4 is 5.91 Å². The number of hydrogen-bond donors (Lipinski definition) is 1. The van der Waals surface area contributed by atoms with E-state index in [0.717, 1.165) is 31.7 Å². The predicted octanol–water partition coefficient (Wildman–Crippen LogP) is 0.437. The largest absolute Gasteiger partial charge is 0.335 e. The van der Waals surface area contributed by atoms with Crippen LogP contribution in [-0.2, 0) is 6.54 Å². The van der Waals surface area contributed by atoms with E-state index >= 15 is 0 Å². The van der Waals surface area contributed by atoms with Gasteiger partial charge in [-0.25, -0.2) is 10.1 Å². The molecule has 27 heavy (non-hydrogen) atoms. The number of amides is 1. The summed E-state index contributed by atoms with van der Waals surface area (Å²) in [5.41, 5.74) is 1.04. The fourth-order valence-corrected chi connectivity index (χ4v) is 3.18. The second-order valence-electron chi connectivity index (χ2n) is 6.45. The fraction of sp³-hybridized carbons (Fsp3) is 0.412. The minimum absolute atomic E-state index is 0.156. The monoisotopic (exact) mass is 367 g/mol. The average Bonchev–Trinajstić information content (AvgIpc) is 3.28. The summed E-state index contributed by atoms with van der Waals surface area (Å²) in [7, 11) is 0. The zero-order valence-corrected chi connectivity index (χ0v) is 15.1. The van der Waals surface area contributed by atoms with Crippen molar-refractivity contribution < 1.29 is 4.79 Å². The number of nitrogens with zero attached hydrogens (tertiary/aromatic N) is 8. The molecule has 0 unspecified atom stereocenters. The van der Waals surface area contributed by atoms with Crippen molar-refractivity contribution in [2.24, 2.45) is 0 Å². The SMILES string of the molecule is Cc1nc(C(=O)N2CCCN(Cc3ccccn3)CC2)nn1-c1ncn[nH]1. The summed E-state index contributed by atoms with van der Waals surface area (Å²) in [4.78, 5) is 29.7. The molecule has 140 valence electrons. The molecule has 0 saturated carbocycles. The number of nitrogens with one attached hydrogen (secondary N) is 1. The standard InChI is InChI=1S/C17H21N9O/c1-13-21-15(23-26(13)17-19-12-20-22-17)16(27)25-8-4-7-24(9-10-25)11-14-5-2-3-6-18-14/h2-3,5-6,12H,4,7-11H2,1H3,(H,19,20,22). The molecule has 1 aliphatic heterocycles. The molecule has 0 spiro atoms. The maximum atomic E-state index is 12.9. The van der Waals surface area contributed by atoms with Crippen LogP contribution < -0.4 is 0 Å². The van der Waals surface area contributed by atoms with Crippen molar-refractivity contribution in [1.29, 1.82) is 0 Å². The van der Waals surface area contributed by atoms with Crippen molar-refractivity contribution in [2.45, 2.75) is 19.9 Å². The van der Waals surface area contributed by atoms with Crippen molar-refractivity contribution in [1.82, 2.24) is 44.7 Å². The van der Waals surface area contributed by atoms with Crippen LogP contribution in [0.1, 0.15) is 28.6 Å². The Bertz CT molecular complexity index is 891. The molecule has 10 nitrogen and oxygen atoms in total. The smallest absolute Gasteiger partial charge is 0.293 e. The molecular formula is C17H21N9O. The lowest BCUT2D eigenvalue weighted by Crippen LogP contribution is -2.35. The molecule has 1 saturated heterocycles. The van der Waals surface area contributed by atoms with Gasteiger partial charge in [-0.05, 0) is 25.5 Å². The van der Waals surface area contributed by atoms with Crippen LogP contribution in [0.5, 0.6) is 0 Å². The summed E-state index contributed by atoms with van der Waals surface area (Å²) in [6.45, 7) is 5.63. The number of hydrogen-bond acceptors (Lipinski definition) is 7. The molecule has 10 heteroatoms. The van der Waals surface area contributed by atoms with Gasteiger partial charge in [-0.15, -0.1) is 5.10 Å². The number of rotatable bonds is 4. The molecule has 1 amide bonds. The van der Waals surface area contributed by atoms with Gasteiger partial charge in [0.1, 0.15) is 12.2 Å². The van der Waals surface area contributed by atoms with Crippen LogP contribution in [0.25, 0.3) is 5.95 Å². The first-order valence-corrected chi connectivity index (χ1v) is 8.91. The van der Waals surface area contributed by atoms with Crippen LogP contribution in [0.15, 0.2) is 30.7 Å². The molecular weight excluding hydrogens is 346 g/mol. The lowest BCUT2D eigenvalue weighted by Gasteiger charge is -2.20. The van der Waals surface area contributed by atoms with E-state index in [-0.39, 0.29) is 11.7 Å². The van der Waals surface area contributed by atoms with Crippen molar-refractivity contribution in [3.05, 3.63) is 48.1 Å². The van der Waals surface area contributed by atoms with Crippen LogP contribution in [0, 0.1) is 6.92 Å². The number of pyridine rings is 1. The average molecular weight is 367 g/mol. The Morgan fingerprint density at radius 2 is 2.11 bits per heavy atom. The third-order valence-electron chi connectivity index (χ3n) is 4.55. The van der Waals surface area contributed by atoms with Gasteiger partial charge < -0.3 is 4.90 Å². The van der Waals surface area contributed by atoms with Crippen LogP contribution in [0.2, 0.25) is 0 Å². The molecule has 0 aliphatic carbocycles. The molecule has 0 bridgehead atoms. The van der Waals surface area contributed by atoms with Crippen molar-refractivity contribution in [3.63, 3.8) is 0 Å². The Morgan fingerprint density at radius 1 is 1.19 bits per heavy atom. The van der Waals surface area contributed by atoms with E-state index in [9.17, 15) is 4.79 Å². The quantitative estimate of drug-likeness (QED) is 0.712. The Kier molecular flexibility index (Phi) is 4.88. The first kappa shape index (κ1) is 17.3. The summed E-state index contributed by atoms with van der Waals surface area (Å²) in [5.74, 6) is 1.05. The highest BCUT2D eigenvalue weighted by molar-refractivity contribution is 5.90. The molecule has 1 aliphatic rings. The highest BCUT2D eigenvalue weighted by atomic mass is 16.2. The van der Waals surface area contributed by atoms with Gasteiger partial charge in [0.05, 0.1) is 5.69 Å². The molecule has 1 fully saturated rings. The molecule has 3 aromatic rings. The fourth-order valence-electron chi connectivity index (χ4n) is 3.18. The summed E-state index contributed by atoms with van der Waals surface area (Å²) in [6, 6.07) is 5.94. The normalized spacial score (nSPS) is 15.7. The Morgan fingerprint density at radius 3 is 2.89 bits per heavy atom. The number of H-pyrrole nitrogens is 1. The van der Waals surface area contributed by atoms with Crippen LogP contribution in [-0.4, -0.2) is 76.8 Å². The van der Waals surface area contributed by atoms with Gasteiger partial charge in [0.15, 0.2) is 0 Å². The second kappa shape index (κ2) is 7.62. The van der Waals surface area contributed by atoms with Crippen molar-refractivity contribution in [3.8, 4) is 5.95 Å². The van der Waals surface area contributed by atoms with Crippen LogP contribution >= 0.6 is 0 Å². The number of aromatic amines is 1. The maximum Gasteiger partial charge on any atom is 0.293 e. The van der Waals surface area contributed by atoms with Gasteiger partial charge >= 0.3 is 0 Å². The molecule has 0 atom stereocenters. The number of aryl methyl sites for hydroxylation is 1. The number of carbonyl (C=O) groups excluding carboxylic acids is 1. The topological polar surface area (TPSA) is 109 Å². The second-order valence-corrected chi connectivity index (χ2v) is 6.45. The van der Waals surface area contributed by atoms with Gasteiger partial charge in [-0.1, -0.05) is 6.07 Å². The van der Waals surface area contributed by atoms with Gasteiger partial charge in [-0.3, -0.25) is 14.7 Å². The number of aromatic nitrogens is 7. The van der Waals surface area contributed by atoms with E-state index in [4.69, 9.17) is 0 Å².